The third-order valence-corrected chi connectivity index (χ3v) is 3.96. The number of nitrogens with zero attached hydrogens (tertiary/aromatic N) is 2. The second-order valence-corrected chi connectivity index (χ2v) is 5.87. The number of likely N-dealkylation sites (N-methyl/N-ethyl adjacent to an activating group) is 1. The minimum absolute atomic E-state index is 0.0337. The number of amides is 2. The molecule has 1 N–H and O–H groups in total. The molecule has 2 rings (SSSR count). The molecular weight excluding hydrogens is 349 g/mol. The van der Waals surface area contributed by atoms with Gasteiger partial charge in [-0.3, -0.25) is 4.98 Å². The normalized spacial score (nSPS) is 10.3. The zero-order valence-electron chi connectivity index (χ0n) is 13.3. The number of benzene rings is 1. The molecule has 5 nitrogen and oxygen atoms in total. The Morgan fingerprint density at radius 3 is 2.67 bits per heavy atom. The zero-order valence-corrected chi connectivity index (χ0v) is 14.8. The van der Waals surface area contributed by atoms with E-state index in [9.17, 15) is 4.79 Å². The first kappa shape index (κ1) is 18.4. The van der Waals surface area contributed by atoms with Gasteiger partial charge < -0.3 is 15.0 Å². The number of carbonyl (C=O) groups is 1. The molecule has 24 heavy (non-hydrogen) atoms. The first-order valence-corrected chi connectivity index (χ1v) is 8.35. The molecule has 7 heteroatoms. The van der Waals surface area contributed by atoms with Gasteiger partial charge in [-0.1, -0.05) is 23.2 Å². The molecule has 0 saturated carbocycles. The lowest BCUT2D eigenvalue weighted by Gasteiger charge is -2.21. The lowest BCUT2D eigenvalue weighted by atomic mass is 10.2. The number of halogens is 2. The van der Waals surface area contributed by atoms with Gasteiger partial charge in [-0.15, -0.1) is 0 Å². The van der Waals surface area contributed by atoms with Crippen LogP contribution in [-0.2, 0) is 6.42 Å². The van der Waals surface area contributed by atoms with E-state index in [2.05, 4.69) is 10.3 Å². The van der Waals surface area contributed by atoms with Gasteiger partial charge in [-0.05, 0) is 49.2 Å². The number of carbonyl (C=O) groups excluding carboxylic acids is 1. The van der Waals surface area contributed by atoms with Gasteiger partial charge in [0, 0.05) is 30.5 Å². The molecule has 1 aromatic carbocycles. The summed E-state index contributed by atoms with van der Waals surface area (Å²) in [6, 6.07) is 8.63. The maximum atomic E-state index is 12.2. The van der Waals surface area contributed by atoms with E-state index >= 15 is 0 Å². The number of pyridine rings is 1. The molecule has 1 heterocycles. The third-order valence-electron chi connectivity index (χ3n) is 3.43. The number of hydrogen-bond donors (Lipinski definition) is 1. The summed E-state index contributed by atoms with van der Waals surface area (Å²) in [6.07, 6.45) is 4.26. The summed E-state index contributed by atoms with van der Waals surface area (Å²) in [6.45, 7) is 3.20. The number of hydrogen-bond acceptors (Lipinski definition) is 3. The number of ether oxygens (including phenoxy) is 1. The van der Waals surface area contributed by atoms with E-state index in [-0.39, 0.29) is 12.8 Å². The summed E-state index contributed by atoms with van der Waals surface area (Å²) >= 11 is 11.8. The van der Waals surface area contributed by atoms with Crippen LogP contribution < -0.4 is 10.1 Å². The molecule has 2 aromatic rings. The van der Waals surface area contributed by atoms with Crippen LogP contribution >= 0.6 is 23.2 Å². The van der Waals surface area contributed by atoms with Crippen molar-refractivity contribution in [2.45, 2.75) is 13.3 Å². The molecular formula is C17H19Cl2N3O2. The molecule has 0 radical (unpaired) electrons. The van der Waals surface area contributed by atoms with Crippen molar-refractivity contribution >= 4 is 29.2 Å². The van der Waals surface area contributed by atoms with E-state index in [1.165, 1.54) is 0 Å². The quantitative estimate of drug-likeness (QED) is 0.752. The molecule has 0 aliphatic carbocycles. The second-order valence-electron chi connectivity index (χ2n) is 5.03. The predicted molar refractivity (Wildman–Crippen MR) is 95.7 cm³/mol. The Bertz CT molecular complexity index is 668. The fourth-order valence-corrected chi connectivity index (χ4v) is 2.56. The van der Waals surface area contributed by atoms with Gasteiger partial charge in [0.25, 0.3) is 0 Å². The molecule has 0 bridgehead atoms. The van der Waals surface area contributed by atoms with Gasteiger partial charge in [0.2, 0.25) is 0 Å². The monoisotopic (exact) mass is 367 g/mol. The molecule has 2 amide bonds. The largest absolute Gasteiger partial charge is 0.472 e. The van der Waals surface area contributed by atoms with Crippen molar-refractivity contribution in [1.82, 2.24) is 15.2 Å². The van der Waals surface area contributed by atoms with Crippen molar-refractivity contribution in [2.75, 3.05) is 19.8 Å². The maximum absolute atomic E-state index is 12.2. The smallest absolute Gasteiger partial charge is 0.320 e. The first-order chi connectivity index (χ1) is 11.6. The second kappa shape index (κ2) is 9.35. The number of urea groups is 1. The maximum Gasteiger partial charge on any atom is 0.320 e. The van der Waals surface area contributed by atoms with Crippen LogP contribution in [0.4, 0.5) is 4.79 Å². The molecule has 0 aliphatic rings. The van der Waals surface area contributed by atoms with E-state index in [1.54, 1.807) is 35.5 Å². The van der Waals surface area contributed by atoms with Crippen molar-refractivity contribution in [3.8, 4) is 5.75 Å². The van der Waals surface area contributed by atoms with Crippen LogP contribution in [0.15, 0.2) is 42.7 Å². The molecule has 0 atom stereocenters. The average Bonchev–Trinajstić information content (AvgIpc) is 2.58. The van der Waals surface area contributed by atoms with E-state index in [0.29, 0.717) is 28.9 Å². The molecule has 128 valence electrons. The van der Waals surface area contributed by atoms with Crippen LogP contribution in [-0.4, -0.2) is 35.7 Å². The number of rotatable bonds is 7. The Morgan fingerprint density at radius 2 is 2.00 bits per heavy atom. The fourth-order valence-electron chi connectivity index (χ4n) is 2.10. The van der Waals surface area contributed by atoms with E-state index in [1.807, 2.05) is 19.1 Å². The van der Waals surface area contributed by atoms with Crippen LogP contribution in [0.1, 0.15) is 12.5 Å². The Morgan fingerprint density at radius 1 is 1.25 bits per heavy atom. The highest BCUT2D eigenvalue weighted by Gasteiger charge is 2.11. The minimum Gasteiger partial charge on any atom is -0.472 e. The van der Waals surface area contributed by atoms with Gasteiger partial charge >= 0.3 is 6.03 Å². The van der Waals surface area contributed by atoms with Crippen LogP contribution in [0, 0.1) is 0 Å². The Hall–Kier alpha value is -1.98. The highest BCUT2D eigenvalue weighted by Crippen LogP contribution is 2.27. The standard InChI is InChI=1S/C17H19Cl2N3O2/c1-2-22(10-7-13-5-8-20-9-6-13)17(23)21-12-24-16-4-3-14(18)11-15(16)19/h3-6,8-9,11H,2,7,10,12H2,1H3,(H,21,23). The summed E-state index contributed by atoms with van der Waals surface area (Å²) in [4.78, 5) is 17.9. The van der Waals surface area contributed by atoms with Crippen molar-refractivity contribution in [3.05, 3.63) is 58.3 Å². The van der Waals surface area contributed by atoms with E-state index in [0.717, 1.165) is 12.0 Å². The fraction of sp³-hybridized carbons (Fsp3) is 0.294. The van der Waals surface area contributed by atoms with E-state index < -0.39 is 0 Å². The predicted octanol–water partition coefficient (Wildman–Crippen LogP) is 4.00. The minimum atomic E-state index is -0.184. The van der Waals surface area contributed by atoms with Crippen LogP contribution in [0.5, 0.6) is 5.75 Å². The highest BCUT2D eigenvalue weighted by molar-refractivity contribution is 6.35. The SMILES string of the molecule is CCN(CCc1ccncc1)C(=O)NCOc1ccc(Cl)cc1Cl. The summed E-state index contributed by atoms with van der Waals surface area (Å²) in [7, 11) is 0. The Balaban J connectivity index is 1.79. The number of aromatic nitrogens is 1. The van der Waals surface area contributed by atoms with Gasteiger partial charge in [-0.2, -0.15) is 0 Å². The topological polar surface area (TPSA) is 54.5 Å². The van der Waals surface area contributed by atoms with Crippen molar-refractivity contribution < 1.29 is 9.53 Å². The summed E-state index contributed by atoms with van der Waals surface area (Å²) in [5.74, 6) is 0.473. The molecule has 0 aliphatic heterocycles. The van der Waals surface area contributed by atoms with Crippen LogP contribution in [0.25, 0.3) is 0 Å². The molecule has 1 aromatic heterocycles. The Labute approximate surface area is 151 Å². The molecule has 0 unspecified atom stereocenters. The molecule has 0 spiro atoms. The van der Waals surface area contributed by atoms with Crippen molar-refractivity contribution in [1.29, 1.82) is 0 Å². The summed E-state index contributed by atoms with van der Waals surface area (Å²) < 4.78 is 5.46. The van der Waals surface area contributed by atoms with Crippen molar-refractivity contribution in [2.24, 2.45) is 0 Å². The summed E-state index contributed by atoms with van der Waals surface area (Å²) in [5, 5.41) is 3.66. The van der Waals surface area contributed by atoms with Crippen LogP contribution in [0.2, 0.25) is 10.0 Å². The average molecular weight is 368 g/mol. The van der Waals surface area contributed by atoms with E-state index in [4.69, 9.17) is 27.9 Å². The molecule has 0 fully saturated rings. The lowest BCUT2D eigenvalue weighted by Crippen LogP contribution is -2.42. The summed E-state index contributed by atoms with van der Waals surface area (Å²) in [5.41, 5.74) is 1.14. The Kier molecular flexibility index (Phi) is 7.15. The van der Waals surface area contributed by atoms with Gasteiger partial charge in [-0.25, -0.2) is 4.79 Å². The lowest BCUT2D eigenvalue weighted by molar-refractivity contribution is 0.187. The first-order valence-electron chi connectivity index (χ1n) is 7.59. The highest BCUT2D eigenvalue weighted by atomic mass is 35.5. The van der Waals surface area contributed by atoms with Gasteiger partial charge in [0.15, 0.2) is 6.73 Å². The third kappa shape index (κ3) is 5.58. The zero-order chi connectivity index (χ0) is 17.4. The number of nitrogens with one attached hydrogen (secondary N) is 1. The van der Waals surface area contributed by atoms with Crippen LogP contribution in [0.3, 0.4) is 0 Å². The molecule has 0 saturated heterocycles. The van der Waals surface area contributed by atoms with Gasteiger partial charge in [0.1, 0.15) is 5.75 Å². The van der Waals surface area contributed by atoms with Crippen molar-refractivity contribution in [3.63, 3.8) is 0 Å². The van der Waals surface area contributed by atoms with Gasteiger partial charge in [0.05, 0.1) is 5.02 Å².